The third-order valence-electron chi connectivity index (χ3n) is 1.16. The van der Waals surface area contributed by atoms with Gasteiger partial charge in [-0.2, -0.15) is 0 Å². The van der Waals surface area contributed by atoms with Crippen LogP contribution in [0.4, 0.5) is 0 Å². The van der Waals surface area contributed by atoms with E-state index in [9.17, 15) is 0 Å². The molecule has 0 saturated heterocycles. The van der Waals surface area contributed by atoms with Crippen LogP contribution in [0, 0.1) is 0 Å². The Balaban J connectivity index is 2.92. The summed E-state index contributed by atoms with van der Waals surface area (Å²) >= 11 is 2.56. The van der Waals surface area contributed by atoms with Crippen molar-refractivity contribution in [3.05, 3.63) is 0 Å². The third-order valence-corrected chi connectivity index (χ3v) is 1.70. The number of hydrogen-bond donors (Lipinski definition) is 1. The van der Waals surface area contributed by atoms with Crippen molar-refractivity contribution in [2.75, 3.05) is 0 Å². The second-order valence-corrected chi connectivity index (χ2v) is 3.00. The maximum atomic E-state index is 5.68. The maximum absolute atomic E-state index is 5.68. The van der Waals surface area contributed by atoms with Gasteiger partial charge in [0.15, 0.2) is 0 Å². The van der Waals surface area contributed by atoms with Gasteiger partial charge >= 0.3 is 59.3 Å². The number of hydrogen-bond acceptors (Lipinski definition) is 1. The Morgan fingerprint density at radius 3 is 2.50 bits per heavy atom. The van der Waals surface area contributed by atoms with Gasteiger partial charge in [0, 0.05) is 0 Å². The molecule has 0 saturated carbocycles. The van der Waals surface area contributed by atoms with Gasteiger partial charge in [-0.1, -0.05) is 0 Å². The Labute approximate surface area is 59.8 Å². The SMILES string of the molecule is CCCC(N)CC[SeH]. The summed E-state index contributed by atoms with van der Waals surface area (Å²) in [5, 5.41) is 1.16. The molecule has 8 heavy (non-hydrogen) atoms. The zero-order valence-electron chi connectivity index (χ0n) is 5.43. The average Bonchev–Trinajstić information content (AvgIpc) is 1.68. The summed E-state index contributed by atoms with van der Waals surface area (Å²) in [7, 11) is 0. The standard InChI is InChI=1S/C6H15NSe/c1-2-3-6(7)4-5-8/h6,8H,2-5,7H2,1H3. The molecule has 0 aliphatic heterocycles. The molecule has 0 aromatic rings. The third kappa shape index (κ3) is 4.63. The molecule has 2 heteroatoms. The molecule has 1 atom stereocenters. The molecule has 1 unspecified atom stereocenters. The van der Waals surface area contributed by atoms with Crippen molar-refractivity contribution in [3.63, 3.8) is 0 Å². The predicted molar refractivity (Wildman–Crippen MR) is 39.5 cm³/mol. The summed E-state index contributed by atoms with van der Waals surface area (Å²) in [4.78, 5) is 0. The van der Waals surface area contributed by atoms with Crippen LogP contribution in [0.15, 0.2) is 0 Å². The summed E-state index contributed by atoms with van der Waals surface area (Å²) < 4.78 is 0. The van der Waals surface area contributed by atoms with Gasteiger partial charge in [-0.25, -0.2) is 0 Å². The van der Waals surface area contributed by atoms with Crippen LogP contribution in [0.3, 0.4) is 0 Å². The first-order valence-corrected chi connectivity index (χ1v) is 4.50. The monoisotopic (exact) mass is 181 g/mol. The van der Waals surface area contributed by atoms with Gasteiger partial charge in [-0.05, 0) is 0 Å². The van der Waals surface area contributed by atoms with E-state index in [2.05, 4.69) is 22.9 Å². The first-order chi connectivity index (χ1) is 3.81. The molecule has 0 aliphatic carbocycles. The van der Waals surface area contributed by atoms with E-state index in [0.717, 1.165) is 11.7 Å². The van der Waals surface area contributed by atoms with Crippen LogP contribution in [-0.4, -0.2) is 22.1 Å². The van der Waals surface area contributed by atoms with E-state index in [4.69, 9.17) is 5.73 Å². The van der Waals surface area contributed by atoms with Crippen molar-refractivity contribution < 1.29 is 0 Å². The minimum atomic E-state index is 0.447. The number of nitrogens with two attached hydrogens (primary N) is 1. The van der Waals surface area contributed by atoms with E-state index in [1.54, 1.807) is 0 Å². The summed E-state index contributed by atoms with van der Waals surface area (Å²) in [6.45, 7) is 2.17. The van der Waals surface area contributed by atoms with Gasteiger partial charge in [-0.15, -0.1) is 0 Å². The molecular formula is C6H15NSe. The molecule has 0 amide bonds. The van der Waals surface area contributed by atoms with Gasteiger partial charge in [0.25, 0.3) is 0 Å². The minimum absolute atomic E-state index is 0.447. The van der Waals surface area contributed by atoms with Crippen LogP contribution in [0.2, 0.25) is 5.32 Å². The van der Waals surface area contributed by atoms with E-state index < -0.39 is 0 Å². The molecule has 0 bridgehead atoms. The molecule has 0 aromatic carbocycles. The van der Waals surface area contributed by atoms with Crippen molar-refractivity contribution in [3.8, 4) is 0 Å². The van der Waals surface area contributed by atoms with E-state index in [1.807, 2.05) is 0 Å². The van der Waals surface area contributed by atoms with E-state index in [1.165, 1.54) is 12.8 Å². The molecule has 2 N–H and O–H groups in total. The van der Waals surface area contributed by atoms with Gasteiger partial charge in [0.05, 0.1) is 0 Å². The van der Waals surface area contributed by atoms with Crippen LogP contribution in [0.25, 0.3) is 0 Å². The first kappa shape index (κ1) is 8.48. The second-order valence-electron chi connectivity index (χ2n) is 2.06. The molecule has 0 spiro atoms. The Bertz CT molecular complexity index is 41.8. The molecule has 0 aliphatic rings. The van der Waals surface area contributed by atoms with Crippen molar-refractivity contribution in [2.45, 2.75) is 37.5 Å². The second kappa shape index (κ2) is 5.61. The fraction of sp³-hybridized carbons (Fsp3) is 1.00. The molecule has 0 aromatic heterocycles. The Morgan fingerprint density at radius 2 is 2.12 bits per heavy atom. The van der Waals surface area contributed by atoms with Crippen LogP contribution >= 0.6 is 0 Å². The molecule has 0 radical (unpaired) electrons. The van der Waals surface area contributed by atoms with Gasteiger partial charge in [0.2, 0.25) is 0 Å². The van der Waals surface area contributed by atoms with E-state index in [-0.39, 0.29) is 0 Å². The fourth-order valence-electron chi connectivity index (χ4n) is 0.681. The normalized spacial score (nSPS) is 13.9. The van der Waals surface area contributed by atoms with Gasteiger partial charge in [0.1, 0.15) is 0 Å². The van der Waals surface area contributed by atoms with Crippen LogP contribution in [-0.2, 0) is 0 Å². The zero-order valence-corrected chi connectivity index (χ0v) is 7.31. The van der Waals surface area contributed by atoms with Crippen molar-refractivity contribution in [2.24, 2.45) is 5.73 Å². The molecular weight excluding hydrogens is 165 g/mol. The summed E-state index contributed by atoms with van der Waals surface area (Å²) in [5.74, 6) is 0. The quantitative estimate of drug-likeness (QED) is 0.637. The number of rotatable bonds is 4. The van der Waals surface area contributed by atoms with Gasteiger partial charge < -0.3 is 0 Å². The van der Waals surface area contributed by atoms with Crippen LogP contribution in [0.1, 0.15) is 26.2 Å². The predicted octanol–water partition coefficient (Wildman–Crippen LogP) is 0.823. The summed E-state index contributed by atoms with van der Waals surface area (Å²) in [6.07, 6.45) is 3.56. The van der Waals surface area contributed by atoms with E-state index in [0.29, 0.717) is 6.04 Å². The van der Waals surface area contributed by atoms with E-state index >= 15 is 0 Å². The van der Waals surface area contributed by atoms with Gasteiger partial charge in [-0.3, -0.25) is 0 Å². The van der Waals surface area contributed by atoms with Crippen molar-refractivity contribution in [1.29, 1.82) is 0 Å². The molecule has 0 fully saturated rings. The zero-order chi connectivity index (χ0) is 6.41. The van der Waals surface area contributed by atoms with Crippen LogP contribution in [0.5, 0.6) is 0 Å². The molecule has 50 valence electrons. The van der Waals surface area contributed by atoms with Crippen molar-refractivity contribution in [1.82, 2.24) is 0 Å². The summed E-state index contributed by atoms with van der Waals surface area (Å²) in [5.41, 5.74) is 5.68. The fourth-order valence-corrected chi connectivity index (χ4v) is 1.38. The average molecular weight is 180 g/mol. The van der Waals surface area contributed by atoms with Crippen LogP contribution < -0.4 is 5.73 Å². The molecule has 0 rings (SSSR count). The molecule has 1 nitrogen and oxygen atoms in total. The summed E-state index contributed by atoms with van der Waals surface area (Å²) in [6, 6.07) is 0.447. The molecule has 0 heterocycles. The van der Waals surface area contributed by atoms with Crippen molar-refractivity contribution >= 4 is 16.0 Å². The Hall–Kier alpha value is 0.479. The Kier molecular flexibility index (Phi) is 5.95. The first-order valence-electron chi connectivity index (χ1n) is 3.17. The topological polar surface area (TPSA) is 26.0 Å². The Morgan fingerprint density at radius 1 is 1.50 bits per heavy atom.